The molecule has 5 heteroatoms. The van der Waals surface area contributed by atoms with Gasteiger partial charge in [0.15, 0.2) is 0 Å². The smallest absolute Gasteiger partial charge is 0.224 e. The molecule has 0 aromatic carbocycles. The van der Waals surface area contributed by atoms with Gasteiger partial charge in [-0.1, -0.05) is 0 Å². The van der Waals surface area contributed by atoms with Gasteiger partial charge in [-0.05, 0) is 38.3 Å². The molecule has 1 unspecified atom stereocenters. The van der Waals surface area contributed by atoms with Gasteiger partial charge >= 0.3 is 0 Å². The molecule has 1 aromatic rings. The highest BCUT2D eigenvalue weighted by Crippen LogP contribution is 2.25. The van der Waals surface area contributed by atoms with Gasteiger partial charge in [0.05, 0.1) is 5.60 Å². The van der Waals surface area contributed by atoms with Crippen molar-refractivity contribution in [3.8, 4) is 0 Å². The van der Waals surface area contributed by atoms with Crippen LogP contribution in [0.2, 0.25) is 5.28 Å². The molecule has 2 rings (SSSR count). The third-order valence-electron chi connectivity index (χ3n) is 2.81. The lowest BCUT2D eigenvalue weighted by Crippen LogP contribution is -2.46. The molecule has 16 heavy (non-hydrogen) atoms. The van der Waals surface area contributed by atoms with E-state index >= 15 is 0 Å². The number of halogens is 1. The molecule has 1 saturated heterocycles. The summed E-state index contributed by atoms with van der Waals surface area (Å²) >= 11 is 5.83. The Bertz CT molecular complexity index is 375. The van der Waals surface area contributed by atoms with E-state index in [1.165, 1.54) is 0 Å². The zero-order valence-electron chi connectivity index (χ0n) is 9.57. The highest BCUT2D eigenvalue weighted by Gasteiger charge is 2.29. The third-order valence-corrected chi connectivity index (χ3v) is 2.98. The summed E-state index contributed by atoms with van der Waals surface area (Å²) in [6, 6.07) is 1.90. The molecule has 0 spiro atoms. The molecule has 0 bridgehead atoms. The molecule has 1 N–H and O–H groups in total. The number of rotatable bonds is 1. The first kappa shape index (κ1) is 11.6. The molecule has 1 aromatic heterocycles. The third kappa shape index (κ3) is 2.62. The molecule has 1 aliphatic rings. The highest BCUT2D eigenvalue weighted by molar-refractivity contribution is 6.28. The SMILES string of the molecule is Cc1cc(N2CCCC(C)(O)C2)nc(Cl)n1. The number of aromatic nitrogens is 2. The number of anilines is 1. The van der Waals surface area contributed by atoms with Gasteiger partial charge in [0.2, 0.25) is 5.28 Å². The number of aliphatic hydroxyl groups is 1. The van der Waals surface area contributed by atoms with E-state index in [-0.39, 0.29) is 5.28 Å². The van der Waals surface area contributed by atoms with Gasteiger partial charge in [-0.3, -0.25) is 0 Å². The predicted octanol–water partition coefficient (Wildman–Crippen LogP) is 1.79. The molecule has 1 aliphatic heterocycles. The molecule has 0 aliphatic carbocycles. The molecule has 0 saturated carbocycles. The lowest BCUT2D eigenvalue weighted by Gasteiger charge is -2.37. The van der Waals surface area contributed by atoms with Crippen LogP contribution in [0, 0.1) is 6.92 Å². The largest absolute Gasteiger partial charge is 0.388 e. The van der Waals surface area contributed by atoms with E-state index in [0.717, 1.165) is 30.9 Å². The van der Waals surface area contributed by atoms with Gasteiger partial charge < -0.3 is 10.0 Å². The molecule has 2 heterocycles. The van der Waals surface area contributed by atoms with Crippen molar-refractivity contribution in [1.29, 1.82) is 0 Å². The van der Waals surface area contributed by atoms with E-state index in [1.54, 1.807) is 0 Å². The summed E-state index contributed by atoms with van der Waals surface area (Å²) in [6.45, 7) is 5.25. The zero-order valence-corrected chi connectivity index (χ0v) is 10.3. The van der Waals surface area contributed by atoms with Crippen LogP contribution < -0.4 is 4.90 Å². The molecule has 1 fully saturated rings. The summed E-state index contributed by atoms with van der Waals surface area (Å²) in [5, 5.41) is 10.3. The normalized spacial score (nSPS) is 25.9. The second kappa shape index (κ2) is 4.18. The van der Waals surface area contributed by atoms with Crippen LogP contribution in [0.4, 0.5) is 5.82 Å². The van der Waals surface area contributed by atoms with Crippen molar-refractivity contribution in [3.63, 3.8) is 0 Å². The number of aryl methyl sites for hydroxylation is 1. The minimum atomic E-state index is -0.635. The Morgan fingerprint density at radius 2 is 2.25 bits per heavy atom. The van der Waals surface area contributed by atoms with Gasteiger partial charge in [0.1, 0.15) is 5.82 Å². The molecule has 4 nitrogen and oxygen atoms in total. The van der Waals surface area contributed by atoms with Crippen molar-refractivity contribution in [2.24, 2.45) is 0 Å². The minimum absolute atomic E-state index is 0.264. The molecular weight excluding hydrogens is 226 g/mol. The maximum absolute atomic E-state index is 10.0. The first-order valence-corrected chi connectivity index (χ1v) is 5.83. The lowest BCUT2D eigenvalue weighted by molar-refractivity contribution is 0.0447. The standard InChI is InChI=1S/C11H16ClN3O/c1-8-6-9(14-10(12)13-8)15-5-3-4-11(2,16)7-15/h6,16H,3-5,7H2,1-2H3. The Labute approximate surface area is 100 Å². The van der Waals surface area contributed by atoms with Gasteiger partial charge in [0.25, 0.3) is 0 Å². The van der Waals surface area contributed by atoms with E-state index in [4.69, 9.17) is 11.6 Å². The van der Waals surface area contributed by atoms with Crippen molar-refractivity contribution >= 4 is 17.4 Å². The van der Waals surface area contributed by atoms with E-state index in [9.17, 15) is 5.11 Å². The lowest BCUT2D eigenvalue weighted by atomic mass is 9.95. The highest BCUT2D eigenvalue weighted by atomic mass is 35.5. The molecule has 1 atom stereocenters. The van der Waals surface area contributed by atoms with Crippen LogP contribution in [0.5, 0.6) is 0 Å². The summed E-state index contributed by atoms with van der Waals surface area (Å²) < 4.78 is 0. The number of hydrogen-bond donors (Lipinski definition) is 1. The van der Waals surface area contributed by atoms with Crippen molar-refractivity contribution in [2.45, 2.75) is 32.3 Å². The molecule has 0 amide bonds. The number of piperidine rings is 1. The average Bonchev–Trinajstić information content (AvgIpc) is 2.14. The maximum Gasteiger partial charge on any atom is 0.224 e. The fourth-order valence-corrected chi connectivity index (χ4v) is 2.31. The summed E-state index contributed by atoms with van der Waals surface area (Å²) in [7, 11) is 0. The Morgan fingerprint density at radius 1 is 1.50 bits per heavy atom. The zero-order chi connectivity index (χ0) is 11.8. The Kier molecular flexibility index (Phi) is 3.04. The van der Waals surface area contributed by atoms with Crippen LogP contribution in [-0.4, -0.2) is 33.8 Å². The van der Waals surface area contributed by atoms with Crippen molar-refractivity contribution < 1.29 is 5.11 Å². The van der Waals surface area contributed by atoms with Gasteiger partial charge in [0, 0.05) is 24.8 Å². The van der Waals surface area contributed by atoms with Gasteiger partial charge in [-0.15, -0.1) is 0 Å². The Hall–Kier alpha value is -0.870. The van der Waals surface area contributed by atoms with E-state index in [1.807, 2.05) is 19.9 Å². The van der Waals surface area contributed by atoms with Gasteiger partial charge in [-0.2, -0.15) is 0 Å². The topological polar surface area (TPSA) is 49.2 Å². The molecule has 0 radical (unpaired) electrons. The average molecular weight is 242 g/mol. The van der Waals surface area contributed by atoms with Gasteiger partial charge in [-0.25, -0.2) is 9.97 Å². The van der Waals surface area contributed by atoms with Crippen LogP contribution >= 0.6 is 11.6 Å². The van der Waals surface area contributed by atoms with Crippen LogP contribution in [0.1, 0.15) is 25.5 Å². The Morgan fingerprint density at radius 3 is 2.88 bits per heavy atom. The fraction of sp³-hybridized carbons (Fsp3) is 0.636. The van der Waals surface area contributed by atoms with E-state index in [2.05, 4.69) is 14.9 Å². The summed E-state index contributed by atoms with van der Waals surface area (Å²) in [6.07, 6.45) is 1.80. The quantitative estimate of drug-likeness (QED) is 0.762. The van der Waals surface area contributed by atoms with Crippen LogP contribution in [0.15, 0.2) is 6.07 Å². The first-order valence-electron chi connectivity index (χ1n) is 5.45. The Balaban J connectivity index is 2.23. The first-order chi connectivity index (χ1) is 7.46. The van der Waals surface area contributed by atoms with Crippen LogP contribution in [0.25, 0.3) is 0 Å². The second-order valence-electron chi connectivity index (χ2n) is 4.66. The maximum atomic E-state index is 10.0. The van der Waals surface area contributed by atoms with E-state index in [0.29, 0.717) is 6.54 Å². The second-order valence-corrected chi connectivity index (χ2v) is 5.00. The number of hydrogen-bond acceptors (Lipinski definition) is 4. The van der Waals surface area contributed by atoms with Crippen molar-refractivity contribution in [3.05, 3.63) is 17.0 Å². The summed E-state index contributed by atoms with van der Waals surface area (Å²) in [4.78, 5) is 10.3. The van der Waals surface area contributed by atoms with Crippen molar-refractivity contribution in [1.82, 2.24) is 9.97 Å². The monoisotopic (exact) mass is 241 g/mol. The summed E-state index contributed by atoms with van der Waals surface area (Å²) in [5.41, 5.74) is 0.212. The van der Waals surface area contributed by atoms with Crippen LogP contribution in [-0.2, 0) is 0 Å². The predicted molar refractivity (Wildman–Crippen MR) is 63.8 cm³/mol. The van der Waals surface area contributed by atoms with Crippen LogP contribution in [0.3, 0.4) is 0 Å². The number of nitrogens with zero attached hydrogens (tertiary/aromatic N) is 3. The fourth-order valence-electron chi connectivity index (χ4n) is 2.09. The van der Waals surface area contributed by atoms with Crippen molar-refractivity contribution in [2.75, 3.05) is 18.0 Å². The summed E-state index contributed by atoms with van der Waals surface area (Å²) in [5.74, 6) is 0.803. The minimum Gasteiger partial charge on any atom is -0.388 e. The molecular formula is C11H16ClN3O. The van der Waals surface area contributed by atoms with E-state index < -0.39 is 5.60 Å². The molecule has 88 valence electrons. The number of β-amino-alcohol motifs (C(OH)–C–C–N with tert-alkyl or cyclic N) is 1.